The largest absolute Gasteiger partial charge is 0.493 e. The maximum Gasteiger partial charge on any atom is 0.203 e. The molecule has 2 aliphatic rings. The first-order chi connectivity index (χ1) is 10.3. The minimum absolute atomic E-state index is 0.584. The fourth-order valence-corrected chi connectivity index (χ4v) is 3.36. The molecular weight excluding hydrogens is 266 g/mol. The maximum absolute atomic E-state index is 5.67. The first-order valence-corrected chi connectivity index (χ1v) is 7.93. The summed E-state index contributed by atoms with van der Waals surface area (Å²) in [7, 11) is 1.67. The lowest BCUT2D eigenvalue weighted by Crippen LogP contribution is -2.21. The van der Waals surface area contributed by atoms with Crippen LogP contribution in [0.4, 0.5) is 0 Å². The molecule has 1 aromatic carbocycles. The standard InChI is InChI=1S/C17H25NO3/c1-12-3-4-13(7-12)10-18-11-14-8-15(19-2)17-16(9-14)20-5-6-21-17/h8-9,12-13,18H,3-7,10-11H2,1-2H3. The Bertz CT molecular complexity index is 472. The highest BCUT2D eigenvalue weighted by Crippen LogP contribution is 2.40. The van der Waals surface area contributed by atoms with Gasteiger partial charge in [-0.3, -0.25) is 0 Å². The lowest BCUT2D eigenvalue weighted by Gasteiger charge is -2.21. The lowest BCUT2D eigenvalue weighted by molar-refractivity contribution is 0.165. The first kappa shape index (κ1) is 14.5. The van der Waals surface area contributed by atoms with Crippen LogP contribution >= 0.6 is 0 Å². The van der Waals surface area contributed by atoms with Crippen molar-refractivity contribution < 1.29 is 14.2 Å². The van der Waals surface area contributed by atoms with Crippen LogP contribution in [0.25, 0.3) is 0 Å². The van der Waals surface area contributed by atoms with Crippen LogP contribution in [0.2, 0.25) is 0 Å². The fraction of sp³-hybridized carbons (Fsp3) is 0.647. The molecule has 0 amide bonds. The third-order valence-corrected chi connectivity index (χ3v) is 4.45. The van der Waals surface area contributed by atoms with E-state index in [-0.39, 0.29) is 0 Å². The molecule has 0 spiro atoms. The summed E-state index contributed by atoms with van der Waals surface area (Å²) >= 11 is 0. The Kier molecular flexibility index (Phi) is 4.54. The van der Waals surface area contributed by atoms with E-state index < -0.39 is 0 Å². The Labute approximate surface area is 126 Å². The highest BCUT2D eigenvalue weighted by Gasteiger charge is 2.21. The number of nitrogens with one attached hydrogen (secondary N) is 1. The first-order valence-electron chi connectivity index (χ1n) is 7.93. The number of methoxy groups -OCH3 is 1. The van der Waals surface area contributed by atoms with Crippen molar-refractivity contribution in [2.45, 2.75) is 32.7 Å². The minimum Gasteiger partial charge on any atom is -0.493 e. The molecule has 0 saturated heterocycles. The van der Waals surface area contributed by atoms with Gasteiger partial charge in [0.2, 0.25) is 5.75 Å². The summed E-state index contributed by atoms with van der Waals surface area (Å²) in [5.41, 5.74) is 1.18. The summed E-state index contributed by atoms with van der Waals surface area (Å²) < 4.78 is 16.7. The number of ether oxygens (including phenoxy) is 3. The molecule has 21 heavy (non-hydrogen) atoms. The van der Waals surface area contributed by atoms with Crippen LogP contribution in [0.1, 0.15) is 31.7 Å². The SMILES string of the molecule is COc1cc(CNCC2CCC(C)C2)cc2c1OCCO2. The van der Waals surface area contributed by atoms with Gasteiger partial charge in [0.05, 0.1) is 7.11 Å². The predicted octanol–water partition coefficient (Wildman–Crippen LogP) is 2.99. The van der Waals surface area contributed by atoms with Crippen molar-refractivity contribution in [3.8, 4) is 17.2 Å². The molecule has 0 aromatic heterocycles. The number of fused-ring (bicyclic) bond motifs is 1. The number of hydrogen-bond donors (Lipinski definition) is 1. The molecule has 1 aromatic rings. The Hall–Kier alpha value is -1.42. The molecular formula is C17H25NO3. The normalized spacial score (nSPS) is 24.1. The summed E-state index contributed by atoms with van der Waals surface area (Å²) in [6.07, 6.45) is 4.10. The van der Waals surface area contributed by atoms with Crippen molar-refractivity contribution in [1.82, 2.24) is 5.32 Å². The van der Waals surface area contributed by atoms with E-state index in [1.54, 1.807) is 7.11 Å². The predicted molar refractivity (Wildman–Crippen MR) is 82.2 cm³/mol. The van der Waals surface area contributed by atoms with E-state index in [4.69, 9.17) is 14.2 Å². The second-order valence-corrected chi connectivity index (χ2v) is 6.24. The molecule has 1 aliphatic heterocycles. The summed E-state index contributed by atoms with van der Waals surface area (Å²) in [6, 6.07) is 4.10. The zero-order valence-electron chi connectivity index (χ0n) is 13.0. The average Bonchev–Trinajstić information content (AvgIpc) is 2.92. The van der Waals surface area contributed by atoms with Gasteiger partial charge in [0.1, 0.15) is 13.2 Å². The third kappa shape index (κ3) is 3.43. The molecule has 3 rings (SSSR count). The van der Waals surface area contributed by atoms with Gasteiger partial charge in [-0.2, -0.15) is 0 Å². The number of rotatable bonds is 5. The van der Waals surface area contributed by atoms with E-state index in [0.29, 0.717) is 13.2 Å². The summed E-state index contributed by atoms with van der Waals surface area (Å²) in [4.78, 5) is 0. The van der Waals surface area contributed by atoms with E-state index in [9.17, 15) is 0 Å². The Morgan fingerprint density at radius 1 is 1.24 bits per heavy atom. The molecule has 2 atom stereocenters. The Morgan fingerprint density at radius 3 is 2.86 bits per heavy atom. The van der Waals surface area contributed by atoms with Crippen molar-refractivity contribution in [2.24, 2.45) is 11.8 Å². The molecule has 2 unspecified atom stereocenters. The van der Waals surface area contributed by atoms with Gasteiger partial charge >= 0.3 is 0 Å². The molecule has 4 nitrogen and oxygen atoms in total. The molecule has 0 radical (unpaired) electrons. The molecule has 1 saturated carbocycles. The second kappa shape index (κ2) is 6.56. The highest BCUT2D eigenvalue weighted by molar-refractivity contribution is 5.54. The van der Waals surface area contributed by atoms with Crippen LogP contribution in [0, 0.1) is 11.8 Å². The van der Waals surface area contributed by atoms with Gasteiger partial charge in [-0.25, -0.2) is 0 Å². The maximum atomic E-state index is 5.67. The Balaban J connectivity index is 1.60. The molecule has 1 N–H and O–H groups in total. The molecule has 4 heteroatoms. The summed E-state index contributed by atoms with van der Waals surface area (Å²) in [5.74, 6) is 4.02. The molecule has 1 aliphatic carbocycles. The highest BCUT2D eigenvalue weighted by atomic mass is 16.6. The van der Waals surface area contributed by atoms with Gasteiger partial charge in [0, 0.05) is 6.54 Å². The quantitative estimate of drug-likeness (QED) is 0.905. The molecule has 0 bridgehead atoms. The van der Waals surface area contributed by atoms with Crippen LogP contribution in [-0.4, -0.2) is 26.9 Å². The zero-order chi connectivity index (χ0) is 14.7. The molecule has 116 valence electrons. The minimum atomic E-state index is 0.584. The van der Waals surface area contributed by atoms with E-state index >= 15 is 0 Å². The van der Waals surface area contributed by atoms with Crippen LogP contribution in [0.15, 0.2) is 12.1 Å². The topological polar surface area (TPSA) is 39.7 Å². The molecule has 1 heterocycles. The summed E-state index contributed by atoms with van der Waals surface area (Å²) in [6.45, 7) is 5.48. The van der Waals surface area contributed by atoms with Gasteiger partial charge in [-0.15, -0.1) is 0 Å². The fourth-order valence-electron chi connectivity index (χ4n) is 3.36. The smallest absolute Gasteiger partial charge is 0.203 e. The number of benzene rings is 1. The van der Waals surface area contributed by atoms with Crippen molar-refractivity contribution in [2.75, 3.05) is 26.9 Å². The number of hydrogen-bond acceptors (Lipinski definition) is 4. The van der Waals surface area contributed by atoms with E-state index in [1.165, 1.54) is 24.8 Å². The summed E-state index contributed by atoms with van der Waals surface area (Å²) in [5, 5.41) is 3.57. The zero-order valence-corrected chi connectivity index (χ0v) is 13.0. The van der Waals surface area contributed by atoms with E-state index in [0.717, 1.165) is 42.2 Å². The van der Waals surface area contributed by atoms with Gasteiger partial charge in [0.15, 0.2) is 11.5 Å². The van der Waals surface area contributed by atoms with Gasteiger partial charge in [-0.05, 0) is 48.9 Å². The van der Waals surface area contributed by atoms with Gasteiger partial charge in [-0.1, -0.05) is 13.3 Å². The van der Waals surface area contributed by atoms with Crippen molar-refractivity contribution in [3.63, 3.8) is 0 Å². The van der Waals surface area contributed by atoms with E-state index in [2.05, 4.69) is 18.3 Å². The van der Waals surface area contributed by atoms with Crippen LogP contribution in [0.3, 0.4) is 0 Å². The van der Waals surface area contributed by atoms with Crippen LogP contribution in [-0.2, 0) is 6.54 Å². The third-order valence-electron chi connectivity index (χ3n) is 4.45. The second-order valence-electron chi connectivity index (χ2n) is 6.24. The van der Waals surface area contributed by atoms with Gasteiger partial charge in [0.25, 0.3) is 0 Å². The van der Waals surface area contributed by atoms with Crippen LogP contribution < -0.4 is 19.5 Å². The van der Waals surface area contributed by atoms with Crippen molar-refractivity contribution in [1.29, 1.82) is 0 Å². The van der Waals surface area contributed by atoms with Crippen molar-refractivity contribution >= 4 is 0 Å². The van der Waals surface area contributed by atoms with Gasteiger partial charge < -0.3 is 19.5 Å². The van der Waals surface area contributed by atoms with Crippen LogP contribution in [0.5, 0.6) is 17.2 Å². The van der Waals surface area contributed by atoms with E-state index in [1.807, 2.05) is 6.07 Å². The average molecular weight is 291 g/mol. The Morgan fingerprint density at radius 2 is 2.10 bits per heavy atom. The van der Waals surface area contributed by atoms with Crippen molar-refractivity contribution in [3.05, 3.63) is 17.7 Å². The molecule has 1 fully saturated rings. The monoisotopic (exact) mass is 291 g/mol. The lowest BCUT2D eigenvalue weighted by atomic mass is 10.1.